The number of carbonyl (C=O) groups is 1. The number of hydrazine groups is 1. The Morgan fingerprint density at radius 3 is 2.17 bits per heavy atom. The fraction of sp³-hybridized carbons (Fsp3) is 0.0800. The summed E-state index contributed by atoms with van der Waals surface area (Å²) in [6.45, 7) is -0.283. The normalized spacial score (nSPS) is 10.6. The second kappa shape index (κ2) is 11.4. The molecule has 4 rings (SSSR count). The van der Waals surface area contributed by atoms with Crippen molar-refractivity contribution in [1.82, 2.24) is 15.4 Å². The Morgan fingerprint density at radius 1 is 0.914 bits per heavy atom. The van der Waals surface area contributed by atoms with Crippen LogP contribution >= 0.6 is 23.2 Å². The molecule has 0 aliphatic carbocycles. The summed E-state index contributed by atoms with van der Waals surface area (Å²) in [5.41, 5.74) is 13.9. The minimum absolute atomic E-state index is 0.199. The third-order valence-corrected chi connectivity index (χ3v) is 5.53. The second-order valence-electron chi connectivity index (χ2n) is 7.42. The highest BCUT2D eigenvalue weighted by molar-refractivity contribution is 6.35. The number of hydrogen-bond donors (Lipinski definition) is 4. The van der Waals surface area contributed by atoms with E-state index in [4.69, 9.17) is 33.7 Å². The number of aromatic nitrogens is 2. The lowest BCUT2D eigenvalue weighted by Gasteiger charge is -2.22. The number of nitrogens with two attached hydrogens (primary N) is 1. The molecule has 0 saturated heterocycles. The number of carbonyl (C=O) groups excluding carboxylic acids is 1. The quantitative estimate of drug-likeness (QED) is 0.233. The van der Waals surface area contributed by atoms with E-state index in [2.05, 4.69) is 26.1 Å². The summed E-state index contributed by atoms with van der Waals surface area (Å²) in [5, 5.41) is 4.16. The highest BCUT2D eigenvalue weighted by atomic mass is 35.5. The van der Waals surface area contributed by atoms with Crippen LogP contribution in [0.25, 0.3) is 0 Å². The van der Waals surface area contributed by atoms with Gasteiger partial charge in [0, 0.05) is 5.02 Å². The predicted octanol–water partition coefficient (Wildman–Crippen LogP) is 5.09. The van der Waals surface area contributed by atoms with Crippen LogP contribution in [0.1, 0.15) is 17.2 Å². The molecule has 0 radical (unpaired) electrons. The van der Waals surface area contributed by atoms with Gasteiger partial charge in [0.2, 0.25) is 0 Å². The molecule has 1 aromatic heterocycles. The van der Waals surface area contributed by atoms with Gasteiger partial charge in [0.05, 0.1) is 11.1 Å². The summed E-state index contributed by atoms with van der Waals surface area (Å²) in [6.07, 6.45) is 1.35. The number of nitrogens with one attached hydrogen (secondary N) is 3. The monoisotopic (exact) mass is 508 g/mol. The predicted molar refractivity (Wildman–Crippen MR) is 139 cm³/mol. The highest BCUT2D eigenvalue weighted by Gasteiger charge is 2.17. The number of rotatable bonds is 9. The van der Waals surface area contributed by atoms with Gasteiger partial charge in [0.15, 0.2) is 18.2 Å². The van der Waals surface area contributed by atoms with Crippen molar-refractivity contribution in [2.24, 2.45) is 0 Å². The zero-order chi connectivity index (χ0) is 24.6. The smallest absolute Gasteiger partial charge is 0.276 e. The Labute approximate surface area is 212 Å². The van der Waals surface area contributed by atoms with Gasteiger partial charge in [0.1, 0.15) is 17.8 Å². The zero-order valence-corrected chi connectivity index (χ0v) is 19.9. The minimum Gasteiger partial charge on any atom is -0.482 e. The van der Waals surface area contributed by atoms with Crippen LogP contribution in [0, 0.1) is 0 Å². The van der Waals surface area contributed by atoms with Crippen molar-refractivity contribution in [3.63, 3.8) is 0 Å². The second-order valence-corrected chi connectivity index (χ2v) is 8.26. The minimum atomic E-state index is -0.463. The molecule has 35 heavy (non-hydrogen) atoms. The molecular weight excluding hydrogens is 487 g/mol. The summed E-state index contributed by atoms with van der Waals surface area (Å²) in [7, 11) is 0. The molecule has 0 saturated carbocycles. The zero-order valence-electron chi connectivity index (χ0n) is 18.4. The Balaban J connectivity index is 1.43. The van der Waals surface area contributed by atoms with Gasteiger partial charge < -0.3 is 15.8 Å². The van der Waals surface area contributed by atoms with Crippen LogP contribution in [0.2, 0.25) is 10.0 Å². The van der Waals surface area contributed by atoms with Crippen LogP contribution in [0.4, 0.5) is 17.3 Å². The van der Waals surface area contributed by atoms with E-state index in [1.807, 2.05) is 60.7 Å². The van der Waals surface area contributed by atoms with Gasteiger partial charge in [0.25, 0.3) is 5.91 Å². The number of anilines is 3. The number of benzene rings is 3. The Morgan fingerprint density at radius 2 is 1.54 bits per heavy atom. The number of ether oxygens (including phenoxy) is 1. The number of halogens is 2. The molecular formula is C25H22Cl2N6O2. The van der Waals surface area contributed by atoms with Gasteiger partial charge in [-0.15, -0.1) is 0 Å². The van der Waals surface area contributed by atoms with E-state index in [9.17, 15) is 4.79 Å². The lowest BCUT2D eigenvalue weighted by Crippen LogP contribution is -2.34. The van der Waals surface area contributed by atoms with Crippen molar-refractivity contribution in [3.8, 4) is 5.75 Å². The summed E-state index contributed by atoms with van der Waals surface area (Å²) in [4.78, 5) is 20.7. The first kappa shape index (κ1) is 24.1. The van der Waals surface area contributed by atoms with Gasteiger partial charge in [-0.1, -0.05) is 83.9 Å². The molecule has 178 valence electrons. The van der Waals surface area contributed by atoms with E-state index in [0.717, 1.165) is 11.1 Å². The average Bonchev–Trinajstić information content (AvgIpc) is 2.88. The van der Waals surface area contributed by atoms with Crippen molar-refractivity contribution in [2.45, 2.75) is 6.04 Å². The van der Waals surface area contributed by atoms with Gasteiger partial charge >= 0.3 is 0 Å². The number of nitrogen functional groups attached to an aromatic ring is 1. The molecule has 0 fully saturated rings. The van der Waals surface area contributed by atoms with Crippen molar-refractivity contribution < 1.29 is 9.53 Å². The molecule has 8 nitrogen and oxygen atoms in total. The van der Waals surface area contributed by atoms with Crippen LogP contribution in [0.5, 0.6) is 5.75 Å². The van der Waals surface area contributed by atoms with E-state index in [0.29, 0.717) is 21.6 Å². The first-order valence-electron chi connectivity index (χ1n) is 10.6. The fourth-order valence-corrected chi connectivity index (χ4v) is 3.76. The molecule has 4 aromatic rings. The Hall–Kier alpha value is -4.01. The van der Waals surface area contributed by atoms with E-state index < -0.39 is 5.91 Å². The maximum absolute atomic E-state index is 12.2. The van der Waals surface area contributed by atoms with Gasteiger partial charge in [-0.3, -0.25) is 15.6 Å². The third kappa shape index (κ3) is 6.32. The van der Waals surface area contributed by atoms with E-state index >= 15 is 0 Å². The molecule has 0 spiro atoms. The summed E-state index contributed by atoms with van der Waals surface area (Å²) in [5.74, 6) is 0.529. The first-order valence-corrected chi connectivity index (χ1v) is 11.4. The molecule has 3 aromatic carbocycles. The number of amides is 1. The molecule has 1 amide bonds. The molecule has 1 heterocycles. The third-order valence-electron chi connectivity index (χ3n) is 5.00. The van der Waals surface area contributed by atoms with Crippen molar-refractivity contribution in [3.05, 3.63) is 106 Å². The van der Waals surface area contributed by atoms with Crippen molar-refractivity contribution in [1.29, 1.82) is 0 Å². The standard InChI is InChI=1S/C25H22Cl2N6O2/c26-18-11-12-20(19(27)13-18)35-14-21(34)32-33-25-22(28)24(29-15-30-25)31-23(16-7-3-1-4-8-16)17-9-5-2-6-10-17/h1-13,15,23H,14,28H2,(H,32,34)(H2,29,30,31,33). The lowest BCUT2D eigenvalue weighted by atomic mass is 9.99. The molecule has 5 N–H and O–H groups in total. The fourth-order valence-electron chi connectivity index (χ4n) is 3.30. The summed E-state index contributed by atoms with van der Waals surface area (Å²) in [6, 6.07) is 24.4. The summed E-state index contributed by atoms with van der Waals surface area (Å²) < 4.78 is 5.43. The molecule has 10 heteroatoms. The van der Waals surface area contributed by atoms with E-state index in [1.165, 1.54) is 12.4 Å². The van der Waals surface area contributed by atoms with Crippen LogP contribution in [-0.2, 0) is 4.79 Å². The highest BCUT2D eigenvalue weighted by Crippen LogP contribution is 2.30. The summed E-state index contributed by atoms with van der Waals surface area (Å²) >= 11 is 11.9. The maximum Gasteiger partial charge on any atom is 0.276 e. The van der Waals surface area contributed by atoms with Gasteiger partial charge in [-0.25, -0.2) is 9.97 Å². The topological polar surface area (TPSA) is 114 Å². The average molecular weight is 509 g/mol. The van der Waals surface area contributed by atoms with Crippen LogP contribution < -0.4 is 26.6 Å². The molecule has 0 unspecified atom stereocenters. The Bertz CT molecular complexity index is 1250. The van der Waals surface area contributed by atoms with Crippen LogP contribution in [0.3, 0.4) is 0 Å². The number of nitrogens with zero attached hydrogens (tertiary/aromatic N) is 2. The largest absolute Gasteiger partial charge is 0.482 e. The molecule has 0 atom stereocenters. The lowest BCUT2D eigenvalue weighted by molar-refractivity contribution is -0.122. The first-order chi connectivity index (χ1) is 17.0. The maximum atomic E-state index is 12.2. The van der Waals surface area contributed by atoms with Gasteiger partial charge in [-0.05, 0) is 29.3 Å². The van der Waals surface area contributed by atoms with Crippen LogP contribution in [0.15, 0.2) is 85.2 Å². The van der Waals surface area contributed by atoms with Crippen molar-refractivity contribution >= 4 is 46.4 Å². The number of hydrogen-bond acceptors (Lipinski definition) is 7. The van der Waals surface area contributed by atoms with E-state index in [1.54, 1.807) is 12.1 Å². The van der Waals surface area contributed by atoms with Gasteiger partial charge in [-0.2, -0.15) is 0 Å². The molecule has 0 bridgehead atoms. The van der Waals surface area contributed by atoms with Crippen LogP contribution in [-0.4, -0.2) is 22.5 Å². The van der Waals surface area contributed by atoms with Crippen molar-refractivity contribution in [2.75, 3.05) is 23.1 Å². The van der Waals surface area contributed by atoms with E-state index in [-0.39, 0.29) is 24.2 Å². The Kier molecular flexibility index (Phi) is 7.87. The molecule has 0 aliphatic heterocycles. The molecule has 0 aliphatic rings. The SMILES string of the molecule is Nc1c(NNC(=O)COc2ccc(Cl)cc2Cl)ncnc1NC(c1ccccc1)c1ccccc1.